The summed E-state index contributed by atoms with van der Waals surface area (Å²) in [4.78, 5) is 4.57. The standard InChI is InChI=1S/C19H28N4O2.HI/c1-2-21-19(23-13-17-6-4-16(12-20)5-7-17)22-9-3-10-24-14-18-8-11-25-15-18;/h4-7,18H,2-3,8-11,13-15H2,1H3,(H2,21,22,23);1H. The summed E-state index contributed by atoms with van der Waals surface area (Å²) in [6.07, 6.45) is 2.06. The molecule has 2 rings (SSSR count). The van der Waals surface area contributed by atoms with E-state index in [1.54, 1.807) is 0 Å². The maximum absolute atomic E-state index is 8.82. The molecule has 0 amide bonds. The van der Waals surface area contributed by atoms with Crippen molar-refractivity contribution in [2.45, 2.75) is 26.3 Å². The molecule has 1 saturated heterocycles. The molecular weight excluding hydrogens is 443 g/mol. The van der Waals surface area contributed by atoms with Gasteiger partial charge in [0.15, 0.2) is 5.96 Å². The predicted octanol–water partition coefficient (Wildman–Crippen LogP) is 2.67. The Kier molecular flexibility index (Phi) is 12.0. The maximum Gasteiger partial charge on any atom is 0.191 e. The first-order valence-corrected chi connectivity index (χ1v) is 8.98. The lowest BCUT2D eigenvalue weighted by molar-refractivity contribution is 0.0888. The molecule has 0 spiro atoms. The van der Waals surface area contributed by atoms with Crippen LogP contribution < -0.4 is 10.6 Å². The summed E-state index contributed by atoms with van der Waals surface area (Å²) in [5.41, 5.74) is 1.75. The summed E-state index contributed by atoms with van der Waals surface area (Å²) < 4.78 is 11.0. The van der Waals surface area contributed by atoms with Gasteiger partial charge in [0, 0.05) is 32.2 Å². The number of halogens is 1. The molecule has 0 aliphatic carbocycles. The molecule has 1 aliphatic rings. The third-order valence-electron chi connectivity index (χ3n) is 3.98. The number of ether oxygens (including phenoxy) is 2. The van der Waals surface area contributed by atoms with E-state index >= 15 is 0 Å². The fourth-order valence-electron chi connectivity index (χ4n) is 2.54. The van der Waals surface area contributed by atoms with E-state index in [-0.39, 0.29) is 24.0 Å². The van der Waals surface area contributed by atoms with Crippen molar-refractivity contribution >= 4 is 29.9 Å². The van der Waals surface area contributed by atoms with Crippen molar-refractivity contribution in [3.8, 4) is 6.07 Å². The fourth-order valence-corrected chi connectivity index (χ4v) is 2.54. The third kappa shape index (κ3) is 8.83. The zero-order valence-electron chi connectivity index (χ0n) is 15.4. The summed E-state index contributed by atoms with van der Waals surface area (Å²) in [6.45, 7) is 7.52. The molecule has 1 aromatic rings. The lowest BCUT2D eigenvalue weighted by Crippen LogP contribution is -2.38. The van der Waals surface area contributed by atoms with E-state index in [1.165, 1.54) is 0 Å². The predicted molar refractivity (Wildman–Crippen MR) is 114 cm³/mol. The van der Waals surface area contributed by atoms with Gasteiger partial charge < -0.3 is 20.1 Å². The van der Waals surface area contributed by atoms with Gasteiger partial charge in [0.2, 0.25) is 0 Å². The van der Waals surface area contributed by atoms with Gasteiger partial charge in [-0.15, -0.1) is 24.0 Å². The number of nitrogens with zero attached hydrogens (tertiary/aromatic N) is 2. The Morgan fingerprint density at radius 3 is 2.81 bits per heavy atom. The van der Waals surface area contributed by atoms with Gasteiger partial charge in [-0.1, -0.05) is 12.1 Å². The summed E-state index contributed by atoms with van der Waals surface area (Å²) in [6, 6.07) is 9.63. The fraction of sp³-hybridized carbons (Fsp3) is 0.579. The van der Waals surface area contributed by atoms with Crippen LogP contribution in [0.5, 0.6) is 0 Å². The molecule has 1 aromatic carbocycles. The Morgan fingerprint density at radius 2 is 2.15 bits per heavy atom. The summed E-state index contributed by atoms with van der Waals surface area (Å²) >= 11 is 0. The van der Waals surface area contributed by atoms with E-state index in [9.17, 15) is 0 Å². The largest absolute Gasteiger partial charge is 0.381 e. The van der Waals surface area contributed by atoms with E-state index in [4.69, 9.17) is 14.7 Å². The molecule has 2 N–H and O–H groups in total. The summed E-state index contributed by atoms with van der Waals surface area (Å²) in [7, 11) is 0. The Balaban J connectivity index is 0.00000338. The minimum atomic E-state index is 0. The number of nitrogens with one attached hydrogen (secondary N) is 2. The Morgan fingerprint density at radius 1 is 1.35 bits per heavy atom. The zero-order chi connectivity index (χ0) is 17.7. The smallest absolute Gasteiger partial charge is 0.191 e. The highest BCUT2D eigenvalue weighted by atomic mass is 127. The van der Waals surface area contributed by atoms with E-state index < -0.39 is 0 Å². The molecule has 1 aliphatic heterocycles. The molecule has 26 heavy (non-hydrogen) atoms. The first-order valence-electron chi connectivity index (χ1n) is 8.98. The van der Waals surface area contributed by atoms with Gasteiger partial charge in [-0.3, -0.25) is 0 Å². The molecule has 0 radical (unpaired) electrons. The topological polar surface area (TPSA) is 78.7 Å². The molecule has 1 unspecified atom stereocenters. The van der Waals surface area contributed by atoms with Crippen LogP contribution in [0.4, 0.5) is 0 Å². The Labute approximate surface area is 173 Å². The van der Waals surface area contributed by atoms with Crippen molar-refractivity contribution < 1.29 is 9.47 Å². The molecule has 7 heteroatoms. The first kappa shape index (κ1) is 22.7. The second-order valence-corrected chi connectivity index (χ2v) is 6.09. The van der Waals surface area contributed by atoms with Crippen molar-refractivity contribution in [1.82, 2.24) is 10.6 Å². The monoisotopic (exact) mass is 472 g/mol. The molecule has 6 nitrogen and oxygen atoms in total. The third-order valence-corrected chi connectivity index (χ3v) is 3.98. The van der Waals surface area contributed by atoms with Crippen molar-refractivity contribution in [1.29, 1.82) is 5.26 Å². The van der Waals surface area contributed by atoms with Crippen LogP contribution in [-0.4, -0.2) is 45.5 Å². The molecule has 1 heterocycles. The summed E-state index contributed by atoms with van der Waals surface area (Å²) in [5, 5.41) is 15.4. The number of hydrogen-bond donors (Lipinski definition) is 2. The minimum absolute atomic E-state index is 0. The molecular formula is C19H29IN4O2. The van der Waals surface area contributed by atoms with Crippen LogP contribution in [0.2, 0.25) is 0 Å². The van der Waals surface area contributed by atoms with E-state index in [0.29, 0.717) is 18.0 Å². The van der Waals surface area contributed by atoms with Crippen LogP contribution in [-0.2, 0) is 16.0 Å². The van der Waals surface area contributed by atoms with Gasteiger partial charge in [-0.05, 0) is 37.5 Å². The van der Waals surface area contributed by atoms with Crippen LogP contribution in [0.25, 0.3) is 0 Å². The Bertz CT molecular complexity index is 566. The molecule has 1 fully saturated rings. The second-order valence-electron chi connectivity index (χ2n) is 6.09. The van der Waals surface area contributed by atoms with Crippen LogP contribution in [0, 0.1) is 17.2 Å². The van der Waals surface area contributed by atoms with Crippen molar-refractivity contribution in [2.75, 3.05) is 39.5 Å². The maximum atomic E-state index is 8.82. The van der Waals surface area contributed by atoms with Crippen LogP contribution in [0.1, 0.15) is 30.9 Å². The highest BCUT2D eigenvalue weighted by Gasteiger charge is 2.15. The highest BCUT2D eigenvalue weighted by Crippen LogP contribution is 2.12. The quantitative estimate of drug-likeness (QED) is 0.250. The van der Waals surface area contributed by atoms with Gasteiger partial charge in [0.25, 0.3) is 0 Å². The molecule has 1 atom stereocenters. The normalized spacial score (nSPS) is 16.6. The van der Waals surface area contributed by atoms with E-state index in [1.807, 2.05) is 31.2 Å². The van der Waals surface area contributed by atoms with Gasteiger partial charge in [-0.25, -0.2) is 4.99 Å². The van der Waals surface area contributed by atoms with Gasteiger partial charge in [0.05, 0.1) is 31.4 Å². The van der Waals surface area contributed by atoms with E-state index in [0.717, 1.165) is 63.9 Å². The number of rotatable bonds is 9. The average Bonchev–Trinajstić information content (AvgIpc) is 3.16. The van der Waals surface area contributed by atoms with Crippen LogP contribution in [0.15, 0.2) is 29.3 Å². The molecule has 144 valence electrons. The van der Waals surface area contributed by atoms with Crippen molar-refractivity contribution in [3.05, 3.63) is 35.4 Å². The Hall–Kier alpha value is -1.37. The van der Waals surface area contributed by atoms with Gasteiger partial charge in [-0.2, -0.15) is 5.26 Å². The first-order chi connectivity index (χ1) is 12.3. The number of benzene rings is 1. The molecule has 0 saturated carbocycles. The van der Waals surface area contributed by atoms with Crippen LogP contribution in [0.3, 0.4) is 0 Å². The van der Waals surface area contributed by atoms with Gasteiger partial charge in [0.1, 0.15) is 0 Å². The number of nitriles is 1. The van der Waals surface area contributed by atoms with Crippen molar-refractivity contribution in [2.24, 2.45) is 10.9 Å². The highest BCUT2D eigenvalue weighted by molar-refractivity contribution is 14.0. The minimum Gasteiger partial charge on any atom is -0.381 e. The van der Waals surface area contributed by atoms with Crippen molar-refractivity contribution in [3.63, 3.8) is 0 Å². The average molecular weight is 472 g/mol. The SMILES string of the molecule is CCNC(=NCc1ccc(C#N)cc1)NCCCOCC1CCOC1.I. The number of aliphatic imine (C=N–C) groups is 1. The van der Waals surface area contributed by atoms with Crippen LogP contribution >= 0.6 is 24.0 Å². The second kappa shape index (κ2) is 13.8. The lowest BCUT2D eigenvalue weighted by Gasteiger charge is -2.12. The number of hydrogen-bond acceptors (Lipinski definition) is 4. The van der Waals surface area contributed by atoms with E-state index in [2.05, 4.69) is 21.7 Å². The lowest BCUT2D eigenvalue weighted by atomic mass is 10.1. The summed E-state index contributed by atoms with van der Waals surface area (Å²) in [5.74, 6) is 1.37. The molecule has 0 aromatic heterocycles. The zero-order valence-corrected chi connectivity index (χ0v) is 17.7. The number of guanidine groups is 1. The molecule has 0 bridgehead atoms. The van der Waals surface area contributed by atoms with Gasteiger partial charge >= 0.3 is 0 Å².